The van der Waals surface area contributed by atoms with Gasteiger partial charge in [0, 0.05) is 0 Å². The van der Waals surface area contributed by atoms with Crippen LogP contribution in [0, 0.1) is 11.3 Å². The second-order valence-corrected chi connectivity index (χ2v) is 5.42. The van der Waals surface area contributed by atoms with Gasteiger partial charge in [0.05, 0.1) is 5.60 Å². The average molecular weight is 170 g/mol. The molecule has 1 heteroatoms. The van der Waals surface area contributed by atoms with Crippen molar-refractivity contribution >= 4 is 0 Å². The van der Waals surface area contributed by atoms with Gasteiger partial charge in [-0.1, -0.05) is 27.7 Å². The predicted molar refractivity (Wildman–Crippen MR) is 52.0 cm³/mol. The van der Waals surface area contributed by atoms with Gasteiger partial charge in [-0.2, -0.15) is 0 Å². The molecule has 0 aromatic rings. The summed E-state index contributed by atoms with van der Waals surface area (Å²) in [5.41, 5.74) is 0.0939. The maximum Gasteiger partial charge on any atom is 0.0671 e. The van der Waals surface area contributed by atoms with Crippen LogP contribution in [-0.2, 0) is 0 Å². The van der Waals surface area contributed by atoms with Crippen LogP contribution in [0.1, 0.15) is 53.4 Å². The number of rotatable bonds is 1. The van der Waals surface area contributed by atoms with E-state index in [9.17, 15) is 5.11 Å². The Bertz CT molecular complexity index is 148. The highest BCUT2D eigenvalue weighted by Gasteiger charge is 2.38. The van der Waals surface area contributed by atoms with Gasteiger partial charge in [0.25, 0.3) is 0 Å². The summed E-state index contributed by atoms with van der Waals surface area (Å²) < 4.78 is 0. The molecule has 1 aliphatic rings. The molecule has 1 rings (SSSR count). The van der Waals surface area contributed by atoms with Crippen molar-refractivity contribution in [1.82, 2.24) is 0 Å². The van der Waals surface area contributed by atoms with E-state index in [1.54, 1.807) is 0 Å². The van der Waals surface area contributed by atoms with Gasteiger partial charge in [-0.05, 0) is 37.0 Å². The van der Waals surface area contributed by atoms with Crippen molar-refractivity contribution in [3.05, 3.63) is 0 Å². The molecule has 0 saturated heterocycles. The molecule has 1 fully saturated rings. The monoisotopic (exact) mass is 170 g/mol. The highest BCUT2D eigenvalue weighted by Crippen LogP contribution is 2.42. The molecule has 0 radical (unpaired) electrons. The third kappa shape index (κ3) is 2.01. The normalized spacial score (nSPS) is 27.5. The lowest BCUT2D eigenvalue weighted by atomic mass is 9.67. The SMILES string of the molecule is CC(C)C1(O)CCC(C)(C)CC1. The highest BCUT2D eigenvalue weighted by atomic mass is 16.3. The molecular weight excluding hydrogens is 148 g/mol. The fourth-order valence-electron chi connectivity index (χ4n) is 1.94. The standard InChI is InChI=1S/C11H22O/c1-9(2)11(12)7-5-10(3,4)6-8-11/h9,12H,5-8H2,1-4H3. The molecule has 0 aromatic heterocycles. The lowest BCUT2D eigenvalue weighted by Crippen LogP contribution is -2.41. The van der Waals surface area contributed by atoms with Crippen LogP contribution in [0.4, 0.5) is 0 Å². The van der Waals surface area contributed by atoms with Gasteiger partial charge in [-0.3, -0.25) is 0 Å². The molecule has 0 heterocycles. The first-order chi connectivity index (χ1) is 5.36. The summed E-state index contributed by atoms with van der Waals surface area (Å²) in [5, 5.41) is 10.2. The molecule has 12 heavy (non-hydrogen) atoms. The van der Waals surface area contributed by atoms with E-state index in [0.717, 1.165) is 12.8 Å². The molecule has 1 nitrogen and oxygen atoms in total. The second kappa shape index (κ2) is 3.02. The molecule has 0 spiro atoms. The summed E-state index contributed by atoms with van der Waals surface area (Å²) in [5.74, 6) is 0.411. The molecule has 0 bridgehead atoms. The van der Waals surface area contributed by atoms with Crippen molar-refractivity contribution in [2.75, 3.05) is 0 Å². The van der Waals surface area contributed by atoms with Crippen molar-refractivity contribution < 1.29 is 5.11 Å². The van der Waals surface area contributed by atoms with Gasteiger partial charge in [0.2, 0.25) is 0 Å². The first-order valence-corrected chi connectivity index (χ1v) is 5.08. The minimum atomic E-state index is -0.366. The largest absolute Gasteiger partial charge is 0.390 e. The fraction of sp³-hybridized carbons (Fsp3) is 1.00. The Labute approximate surface area is 76.2 Å². The van der Waals surface area contributed by atoms with Crippen LogP contribution in [0.15, 0.2) is 0 Å². The molecule has 0 unspecified atom stereocenters. The molecule has 1 aliphatic carbocycles. The summed E-state index contributed by atoms with van der Waals surface area (Å²) in [7, 11) is 0. The first kappa shape index (κ1) is 10.0. The van der Waals surface area contributed by atoms with Crippen LogP contribution in [0.2, 0.25) is 0 Å². The zero-order valence-electron chi connectivity index (χ0n) is 8.85. The predicted octanol–water partition coefficient (Wildman–Crippen LogP) is 2.97. The highest BCUT2D eigenvalue weighted by molar-refractivity contribution is 4.90. The van der Waals surface area contributed by atoms with E-state index in [1.165, 1.54) is 12.8 Å². The summed E-state index contributed by atoms with van der Waals surface area (Å²) in [6, 6.07) is 0. The zero-order chi connectivity index (χ0) is 9.41. The lowest BCUT2D eigenvalue weighted by molar-refractivity contribution is -0.0608. The van der Waals surface area contributed by atoms with Crippen LogP contribution in [0.5, 0.6) is 0 Å². The number of hydrogen-bond acceptors (Lipinski definition) is 1. The minimum Gasteiger partial charge on any atom is -0.390 e. The Morgan fingerprint density at radius 3 is 1.75 bits per heavy atom. The van der Waals surface area contributed by atoms with Gasteiger partial charge in [0.15, 0.2) is 0 Å². The van der Waals surface area contributed by atoms with Gasteiger partial charge < -0.3 is 5.11 Å². The van der Waals surface area contributed by atoms with Gasteiger partial charge in [0.1, 0.15) is 0 Å². The summed E-state index contributed by atoms with van der Waals surface area (Å²) >= 11 is 0. The summed E-state index contributed by atoms with van der Waals surface area (Å²) in [6.07, 6.45) is 4.30. The molecular formula is C11H22O. The lowest BCUT2D eigenvalue weighted by Gasteiger charge is -2.42. The maximum atomic E-state index is 10.2. The first-order valence-electron chi connectivity index (χ1n) is 5.08. The molecule has 0 amide bonds. The van der Waals surface area contributed by atoms with Gasteiger partial charge in [-0.25, -0.2) is 0 Å². The van der Waals surface area contributed by atoms with Crippen LogP contribution in [0.3, 0.4) is 0 Å². The Morgan fingerprint density at radius 1 is 1.00 bits per heavy atom. The van der Waals surface area contributed by atoms with E-state index < -0.39 is 0 Å². The van der Waals surface area contributed by atoms with E-state index >= 15 is 0 Å². The third-order valence-corrected chi connectivity index (χ3v) is 3.54. The Morgan fingerprint density at radius 2 is 1.42 bits per heavy atom. The topological polar surface area (TPSA) is 20.2 Å². The molecule has 72 valence electrons. The van der Waals surface area contributed by atoms with Crippen molar-refractivity contribution in [3.63, 3.8) is 0 Å². The fourth-order valence-corrected chi connectivity index (χ4v) is 1.94. The average Bonchev–Trinajstić information content (AvgIpc) is 1.96. The minimum absolute atomic E-state index is 0.366. The maximum absolute atomic E-state index is 10.2. The molecule has 0 atom stereocenters. The third-order valence-electron chi connectivity index (χ3n) is 3.54. The smallest absolute Gasteiger partial charge is 0.0671 e. The van der Waals surface area contributed by atoms with Crippen molar-refractivity contribution in [2.24, 2.45) is 11.3 Å². The number of hydrogen-bond donors (Lipinski definition) is 1. The molecule has 0 aliphatic heterocycles. The second-order valence-electron chi connectivity index (χ2n) is 5.42. The number of aliphatic hydroxyl groups is 1. The van der Waals surface area contributed by atoms with E-state index in [1.807, 2.05) is 0 Å². The van der Waals surface area contributed by atoms with Crippen molar-refractivity contribution in [1.29, 1.82) is 0 Å². The van der Waals surface area contributed by atoms with E-state index in [4.69, 9.17) is 0 Å². The van der Waals surface area contributed by atoms with E-state index in [0.29, 0.717) is 11.3 Å². The quantitative estimate of drug-likeness (QED) is 0.641. The van der Waals surface area contributed by atoms with Gasteiger partial charge >= 0.3 is 0 Å². The summed E-state index contributed by atoms with van der Waals surface area (Å²) in [6.45, 7) is 8.84. The van der Waals surface area contributed by atoms with Crippen LogP contribution >= 0.6 is 0 Å². The molecule has 1 saturated carbocycles. The Balaban J connectivity index is 2.55. The summed E-state index contributed by atoms with van der Waals surface area (Å²) in [4.78, 5) is 0. The van der Waals surface area contributed by atoms with Crippen LogP contribution < -0.4 is 0 Å². The van der Waals surface area contributed by atoms with E-state index in [-0.39, 0.29) is 5.60 Å². The van der Waals surface area contributed by atoms with Crippen molar-refractivity contribution in [3.8, 4) is 0 Å². The Kier molecular flexibility index (Phi) is 2.53. The van der Waals surface area contributed by atoms with Crippen LogP contribution in [-0.4, -0.2) is 10.7 Å². The van der Waals surface area contributed by atoms with Crippen LogP contribution in [0.25, 0.3) is 0 Å². The van der Waals surface area contributed by atoms with E-state index in [2.05, 4.69) is 27.7 Å². The zero-order valence-corrected chi connectivity index (χ0v) is 8.85. The Hall–Kier alpha value is -0.0400. The van der Waals surface area contributed by atoms with Crippen molar-refractivity contribution in [2.45, 2.75) is 59.0 Å². The molecule has 0 aromatic carbocycles. The van der Waals surface area contributed by atoms with Gasteiger partial charge in [-0.15, -0.1) is 0 Å². The molecule has 1 N–H and O–H groups in total.